The van der Waals surface area contributed by atoms with E-state index in [1.807, 2.05) is 89.2 Å². The second-order valence-corrected chi connectivity index (χ2v) is 14.6. The summed E-state index contributed by atoms with van der Waals surface area (Å²) in [6.45, 7) is 9.42. The molecule has 0 aromatic heterocycles. The first-order chi connectivity index (χ1) is 22.3. The molecule has 1 atom stereocenters. The van der Waals surface area contributed by atoms with Crippen molar-refractivity contribution in [1.82, 2.24) is 10.2 Å². The first-order valence-electron chi connectivity index (χ1n) is 15.5. The molecule has 0 spiro atoms. The lowest BCUT2D eigenvalue weighted by Gasteiger charge is -2.35. The van der Waals surface area contributed by atoms with Gasteiger partial charge in [0, 0.05) is 23.5 Å². The number of nitrogens with one attached hydrogen (secondary N) is 1. The van der Waals surface area contributed by atoms with Crippen molar-refractivity contribution in [1.29, 1.82) is 0 Å². The number of nitrogens with zero attached hydrogens (tertiary/aromatic N) is 2. The Hall–Kier alpha value is -4.34. The first kappa shape index (κ1) is 35.5. The highest BCUT2D eigenvalue weighted by Gasteiger charge is 2.35. The Morgan fingerprint density at radius 2 is 1.49 bits per heavy atom. The fourth-order valence-corrected chi connectivity index (χ4v) is 6.66. The largest absolute Gasteiger partial charge is 0.494 e. The summed E-state index contributed by atoms with van der Waals surface area (Å²) in [6.07, 6.45) is 0.230. The molecular weight excluding hydrogens is 634 g/mol. The maximum absolute atomic E-state index is 14.6. The summed E-state index contributed by atoms with van der Waals surface area (Å²) >= 11 is 6.08. The van der Waals surface area contributed by atoms with Crippen molar-refractivity contribution >= 4 is 39.1 Å². The molecule has 0 radical (unpaired) electrons. The molecule has 248 valence electrons. The molecule has 47 heavy (non-hydrogen) atoms. The number of benzene rings is 4. The number of hydrogen-bond donors (Lipinski definition) is 1. The molecule has 10 heteroatoms. The maximum Gasteiger partial charge on any atom is 0.264 e. The van der Waals surface area contributed by atoms with Gasteiger partial charge >= 0.3 is 0 Å². The molecule has 4 rings (SSSR count). The molecule has 0 saturated carbocycles. The highest BCUT2D eigenvalue weighted by molar-refractivity contribution is 7.92. The van der Waals surface area contributed by atoms with Crippen molar-refractivity contribution < 1.29 is 22.7 Å². The van der Waals surface area contributed by atoms with Crippen LogP contribution in [0.1, 0.15) is 44.4 Å². The molecule has 0 aliphatic carbocycles. The molecule has 2 amide bonds. The molecule has 0 unspecified atom stereocenters. The first-order valence-corrected chi connectivity index (χ1v) is 17.3. The minimum absolute atomic E-state index is 0.0275. The Morgan fingerprint density at radius 1 is 0.872 bits per heavy atom. The molecule has 0 heterocycles. The minimum atomic E-state index is -4.25. The van der Waals surface area contributed by atoms with Gasteiger partial charge in [-0.05, 0) is 99.8 Å². The van der Waals surface area contributed by atoms with Crippen LogP contribution in [0.15, 0.2) is 108 Å². The maximum atomic E-state index is 14.6. The van der Waals surface area contributed by atoms with E-state index in [0.717, 1.165) is 21.0 Å². The zero-order valence-corrected chi connectivity index (χ0v) is 29.0. The summed E-state index contributed by atoms with van der Waals surface area (Å²) in [7, 11) is -4.25. The minimum Gasteiger partial charge on any atom is -0.494 e. The number of amides is 2. The number of carbonyl (C=O) groups is 2. The van der Waals surface area contributed by atoms with Gasteiger partial charge in [-0.15, -0.1) is 0 Å². The second kappa shape index (κ2) is 15.5. The molecule has 0 aliphatic rings. The molecule has 0 bridgehead atoms. The van der Waals surface area contributed by atoms with E-state index >= 15 is 0 Å². The summed E-state index contributed by atoms with van der Waals surface area (Å²) in [5, 5.41) is 3.43. The summed E-state index contributed by atoms with van der Waals surface area (Å²) in [5.74, 6) is -0.310. The summed E-state index contributed by atoms with van der Waals surface area (Å²) in [6, 6.07) is 28.5. The Labute approximate surface area is 283 Å². The SMILES string of the molecule is CCOc1ccc(N(CC(=O)N(Cc2ccccc2C)[C@@H](Cc2ccccc2)C(=O)NC(C)(C)C)S(=O)(=O)c2ccc(Cl)cc2)cc1. The second-order valence-electron chi connectivity index (χ2n) is 12.3. The number of hydrogen-bond acceptors (Lipinski definition) is 5. The van der Waals surface area contributed by atoms with Gasteiger partial charge in [0.25, 0.3) is 10.0 Å². The monoisotopic (exact) mass is 675 g/mol. The smallest absolute Gasteiger partial charge is 0.264 e. The fraction of sp³-hybridized carbons (Fsp3) is 0.297. The van der Waals surface area contributed by atoms with Crippen LogP contribution in [-0.2, 0) is 32.6 Å². The van der Waals surface area contributed by atoms with Crippen molar-refractivity contribution in [3.63, 3.8) is 0 Å². The average molecular weight is 676 g/mol. The van der Waals surface area contributed by atoms with E-state index < -0.39 is 34.1 Å². The number of aryl methyl sites for hydroxylation is 1. The summed E-state index contributed by atoms with van der Waals surface area (Å²) in [5.41, 5.74) is 2.34. The van der Waals surface area contributed by atoms with Crippen LogP contribution < -0.4 is 14.4 Å². The third-order valence-corrected chi connectivity index (χ3v) is 9.53. The Morgan fingerprint density at radius 3 is 2.09 bits per heavy atom. The van der Waals surface area contributed by atoms with Crippen molar-refractivity contribution in [2.45, 2.75) is 64.1 Å². The molecule has 0 fully saturated rings. The third kappa shape index (κ3) is 9.59. The van der Waals surface area contributed by atoms with E-state index in [0.29, 0.717) is 17.4 Å². The molecule has 8 nitrogen and oxygen atoms in total. The van der Waals surface area contributed by atoms with E-state index in [9.17, 15) is 18.0 Å². The van der Waals surface area contributed by atoms with Gasteiger partial charge in [0.1, 0.15) is 18.3 Å². The molecule has 0 aliphatic heterocycles. The van der Waals surface area contributed by atoms with Gasteiger partial charge in [0.2, 0.25) is 11.8 Å². The van der Waals surface area contributed by atoms with E-state index in [-0.39, 0.29) is 29.5 Å². The van der Waals surface area contributed by atoms with Crippen molar-refractivity contribution in [2.24, 2.45) is 0 Å². The Balaban J connectivity index is 1.82. The van der Waals surface area contributed by atoms with Crippen LogP contribution in [-0.4, -0.2) is 49.9 Å². The van der Waals surface area contributed by atoms with Gasteiger partial charge in [-0.1, -0.05) is 66.2 Å². The van der Waals surface area contributed by atoms with Crippen LogP contribution in [0.5, 0.6) is 5.75 Å². The number of ether oxygens (including phenoxy) is 1. The van der Waals surface area contributed by atoms with Crippen LogP contribution in [0.3, 0.4) is 0 Å². The number of carbonyl (C=O) groups excluding carboxylic acids is 2. The predicted molar refractivity (Wildman–Crippen MR) is 187 cm³/mol. The third-order valence-electron chi connectivity index (χ3n) is 7.49. The molecular formula is C37H42ClN3O5S. The zero-order chi connectivity index (χ0) is 34.2. The Kier molecular flexibility index (Phi) is 11.7. The summed E-state index contributed by atoms with van der Waals surface area (Å²) < 4.78 is 35.1. The van der Waals surface area contributed by atoms with Crippen LogP contribution >= 0.6 is 11.6 Å². The topological polar surface area (TPSA) is 96.0 Å². The number of rotatable bonds is 13. The van der Waals surface area contributed by atoms with E-state index in [4.69, 9.17) is 16.3 Å². The molecule has 1 N–H and O–H groups in total. The van der Waals surface area contributed by atoms with Crippen LogP contribution in [0.2, 0.25) is 5.02 Å². The van der Waals surface area contributed by atoms with Gasteiger partial charge in [-0.2, -0.15) is 0 Å². The number of anilines is 1. The lowest BCUT2D eigenvalue weighted by molar-refractivity contribution is -0.140. The average Bonchev–Trinajstić information content (AvgIpc) is 3.02. The van der Waals surface area contributed by atoms with E-state index in [1.165, 1.54) is 29.2 Å². The quantitative estimate of drug-likeness (QED) is 0.168. The van der Waals surface area contributed by atoms with Gasteiger partial charge < -0.3 is 15.0 Å². The van der Waals surface area contributed by atoms with Crippen LogP contribution in [0.25, 0.3) is 0 Å². The van der Waals surface area contributed by atoms with Crippen molar-refractivity contribution in [3.8, 4) is 5.75 Å². The lowest BCUT2D eigenvalue weighted by Crippen LogP contribution is -2.56. The predicted octanol–water partition coefficient (Wildman–Crippen LogP) is 6.80. The molecule has 0 saturated heterocycles. The van der Waals surface area contributed by atoms with Gasteiger partial charge in [-0.3, -0.25) is 13.9 Å². The summed E-state index contributed by atoms with van der Waals surface area (Å²) in [4.78, 5) is 30.1. The van der Waals surface area contributed by atoms with E-state index in [1.54, 1.807) is 24.3 Å². The van der Waals surface area contributed by atoms with Crippen molar-refractivity contribution in [3.05, 3.63) is 125 Å². The zero-order valence-electron chi connectivity index (χ0n) is 27.4. The van der Waals surface area contributed by atoms with Crippen LogP contribution in [0.4, 0.5) is 5.69 Å². The molecule has 4 aromatic carbocycles. The molecule has 4 aromatic rings. The lowest BCUT2D eigenvalue weighted by atomic mass is 10.00. The van der Waals surface area contributed by atoms with Gasteiger partial charge in [0.15, 0.2) is 0 Å². The highest BCUT2D eigenvalue weighted by Crippen LogP contribution is 2.28. The van der Waals surface area contributed by atoms with Gasteiger partial charge in [-0.25, -0.2) is 8.42 Å². The van der Waals surface area contributed by atoms with Crippen LogP contribution in [0, 0.1) is 6.92 Å². The Bertz CT molecular complexity index is 1760. The van der Waals surface area contributed by atoms with Gasteiger partial charge in [0.05, 0.1) is 17.2 Å². The number of sulfonamides is 1. The normalized spacial score (nSPS) is 12.2. The van der Waals surface area contributed by atoms with Crippen molar-refractivity contribution in [2.75, 3.05) is 17.5 Å². The fourth-order valence-electron chi connectivity index (χ4n) is 5.12. The standard InChI is InChI=1S/C37H42ClN3O5S/c1-6-46-32-20-18-31(19-21-32)41(47(44,45)33-22-16-30(38)17-23-33)26-35(42)40(25-29-15-11-10-12-27(29)2)34(36(43)39-37(3,4)5)24-28-13-8-7-9-14-28/h7-23,34H,6,24-26H2,1-5H3,(H,39,43)/t34-/m0/s1. The number of halogens is 1. The highest BCUT2D eigenvalue weighted by atomic mass is 35.5. The van der Waals surface area contributed by atoms with E-state index in [2.05, 4.69) is 5.32 Å².